The maximum absolute atomic E-state index is 13.2. The normalized spacial score (nSPS) is 14.1. The van der Waals surface area contributed by atoms with Crippen molar-refractivity contribution < 1.29 is 32.2 Å². The molecule has 1 aromatic carbocycles. The fourth-order valence-corrected chi connectivity index (χ4v) is 3.18. The van der Waals surface area contributed by atoms with E-state index in [4.69, 9.17) is 24.6 Å². The molecule has 3 aromatic rings. The van der Waals surface area contributed by atoms with Crippen LogP contribution in [0.1, 0.15) is 5.82 Å². The lowest BCUT2D eigenvalue weighted by Gasteiger charge is -2.28. The van der Waals surface area contributed by atoms with Gasteiger partial charge in [-0.15, -0.1) is 0 Å². The Morgan fingerprint density at radius 3 is 2.24 bits per heavy atom. The number of carbonyl (C=O) groups is 1. The molecule has 12 heteroatoms. The van der Waals surface area contributed by atoms with Crippen LogP contribution < -0.4 is 4.90 Å². The van der Waals surface area contributed by atoms with E-state index in [9.17, 15) is 17.6 Å². The van der Waals surface area contributed by atoms with E-state index in [0.717, 1.165) is 47.0 Å². The van der Waals surface area contributed by atoms with Gasteiger partial charge >= 0.3 is 12.1 Å². The van der Waals surface area contributed by atoms with Crippen LogP contribution >= 0.6 is 0 Å². The number of aliphatic carboxylic acids is 1. The van der Waals surface area contributed by atoms with E-state index in [2.05, 4.69) is 9.88 Å². The molecule has 4 rings (SSSR count). The van der Waals surface area contributed by atoms with Crippen molar-refractivity contribution >= 4 is 22.8 Å². The van der Waals surface area contributed by atoms with Gasteiger partial charge < -0.3 is 19.6 Å². The first-order valence-electron chi connectivity index (χ1n) is 10.3. The highest BCUT2D eigenvalue weighted by Crippen LogP contribution is 2.27. The van der Waals surface area contributed by atoms with Crippen molar-refractivity contribution in [1.29, 1.82) is 0 Å². The molecule has 34 heavy (non-hydrogen) atoms. The van der Waals surface area contributed by atoms with Crippen LogP contribution in [-0.2, 0) is 16.1 Å². The summed E-state index contributed by atoms with van der Waals surface area (Å²) >= 11 is 0. The second-order valence-electron chi connectivity index (χ2n) is 7.67. The predicted octanol–water partition coefficient (Wildman–Crippen LogP) is 3.36. The van der Waals surface area contributed by atoms with Crippen molar-refractivity contribution in [2.24, 2.45) is 0 Å². The third-order valence-corrected chi connectivity index (χ3v) is 4.72. The molecule has 1 aliphatic rings. The Morgan fingerprint density at radius 2 is 1.68 bits per heavy atom. The molecule has 2 aromatic heterocycles. The fraction of sp³-hybridized carbons (Fsp3) is 0.364. The Morgan fingerprint density at radius 1 is 1.06 bits per heavy atom. The van der Waals surface area contributed by atoms with Crippen molar-refractivity contribution in [3.05, 3.63) is 48.0 Å². The number of hydrogen-bond donors (Lipinski definition) is 1. The molecule has 8 nitrogen and oxygen atoms in total. The van der Waals surface area contributed by atoms with E-state index in [1.807, 2.05) is 31.1 Å². The van der Waals surface area contributed by atoms with Gasteiger partial charge in [0, 0.05) is 18.7 Å². The summed E-state index contributed by atoms with van der Waals surface area (Å²) < 4.78 is 50.5. The van der Waals surface area contributed by atoms with E-state index in [1.165, 1.54) is 12.1 Å². The minimum Gasteiger partial charge on any atom is -0.475 e. The molecular formula is C22H23F4N5O3. The van der Waals surface area contributed by atoms with Crippen LogP contribution in [0.2, 0.25) is 0 Å². The summed E-state index contributed by atoms with van der Waals surface area (Å²) in [5, 5.41) is 7.12. The van der Waals surface area contributed by atoms with Gasteiger partial charge in [-0.3, -0.25) is 0 Å². The third-order valence-electron chi connectivity index (χ3n) is 4.72. The zero-order valence-corrected chi connectivity index (χ0v) is 18.5. The average molecular weight is 481 g/mol. The minimum atomic E-state index is -5.08. The number of benzene rings is 1. The van der Waals surface area contributed by atoms with Gasteiger partial charge in [0.2, 0.25) is 0 Å². The van der Waals surface area contributed by atoms with E-state index >= 15 is 0 Å². The minimum absolute atomic E-state index is 0.259. The van der Waals surface area contributed by atoms with Gasteiger partial charge in [-0.2, -0.15) is 13.2 Å². The van der Waals surface area contributed by atoms with Crippen LogP contribution in [0.15, 0.2) is 36.4 Å². The van der Waals surface area contributed by atoms with Gasteiger partial charge in [0.25, 0.3) is 0 Å². The molecule has 0 atom stereocenters. The number of ether oxygens (including phenoxy) is 1. The highest BCUT2D eigenvalue weighted by Gasteiger charge is 2.38. The number of carboxylic acids is 1. The van der Waals surface area contributed by atoms with Crippen molar-refractivity contribution in [2.75, 3.05) is 45.3 Å². The largest absolute Gasteiger partial charge is 0.490 e. The first-order chi connectivity index (χ1) is 16.0. The average Bonchev–Trinajstić information content (AvgIpc) is 2.79. The quantitative estimate of drug-likeness (QED) is 0.568. The standard InChI is InChI=1S/C20H22FN5O.C2HF3O2/c1-25(2)13-18-22-17-8-7-16(14-3-5-15(21)6-4-14)23-19(17)20(24-18)26-9-11-27-12-10-26;3-2(4,5)1(6)7/h3-8H,9-13H2,1-2H3;(H,6,7). The van der Waals surface area contributed by atoms with E-state index < -0.39 is 12.1 Å². The van der Waals surface area contributed by atoms with Gasteiger partial charge in [-0.1, -0.05) is 0 Å². The molecule has 1 fully saturated rings. The SMILES string of the molecule is CN(C)Cc1nc(N2CCOCC2)c2nc(-c3ccc(F)cc3)ccc2n1.O=C(O)C(F)(F)F. The van der Waals surface area contributed by atoms with Gasteiger partial charge in [-0.05, 0) is 50.5 Å². The lowest BCUT2D eigenvalue weighted by atomic mass is 10.1. The molecule has 1 saturated heterocycles. The number of morpholine rings is 1. The summed E-state index contributed by atoms with van der Waals surface area (Å²) in [6, 6.07) is 10.2. The van der Waals surface area contributed by atoms with Crippen LogP contribution in [0.25, 0.3) is 22.3 Å². The zero-order valence-electron chi connectivity index (χ0n) is 18.5. The maximum Gasteiger partial charge on any atom is 0.490 e. The lowest BCUT2D eigenvalue weighted by Crippen LogP contribution is -2.37. The number of pyridine rings is 1. The number of aromatic nitrogens is 3. The lowest BCUT2D eigenvalue weighted by molar-refractivity contribution is -0.192. The Kier molecular flexibility index (Phi) is 7.94. The zero-order chi connectivity index (χ0) is 24.9. The molecule has 0 radical (unpaired) electrons. The summed E-state index contributed by atoms with van der Waals surface area (Å²) in [6.07, 6.45) is -5.08. The Hall–Kier alpha value is -3.38. The van der Waals surface area contributed by atoms with Crippen LogP contribution in [0, 0.1) is 5.82 Å². The van der Waals surface area contributed by atoms with Crippen LogP contribution in [-0.4, -0.2) is 77.5 Å². The summed E-state index contributed by atoms with van der Waals surface area (Å²) in [7, 11) is 4.00. The van der Waals surface area contributed by atoms with E-state index in [-0.39, 0.29) is 5.82 Å². The number of halogens is 4. The summed E-state index contributed by atoms with van der Waals surface area (Å²) in [4.78, 5) is 27.5. The van der Waals surface area contributed by atoms with Crippen LogP contribution in [0.4, 0.5) is 23.4 Å². The van der Waals surface area contributed by atoms with E-state index in [0.29, 0.717) is 19.8 Å². The molecule has 0 saturated carbocycles. The molecule has 1 N–H and O–H groups in total. The smallest absolute Gasteiger partial charge is 0.475 e. The molecule has 0 unspecified atom stereocenters. The Balaban J connectivity index is 0.000000406. The number of rotatable bonds is 4. The van der Waals surface area contributed by atoms with Crippen molar-refractivity contribution in [3.63, 3.8) is 0 Å². The monoisotopic (exact) mass is 481 g/mol. The van der Waals surface area contributed by atoms with Gasteiger partial charge in [0.05, 0.1) is 31.0 Å². The van der Waals surface area contributed by atoms with Crippen molar-refractivity contribution in [1.82, 2.24) is 19.9 Å². The molecular weight excluding hydrogens is 458 g/mol. The summed E-state index contributed by atoms with van der Waals surface area (Å²) in [5.74, 6) is -1.41. The highest BCUT2D eigenvalue weighted by atomic mass is 19.4. The number of nitrogens with zero attached hydrogens (tertiary/aromatic N) is 5. The second-order valence-corrected chi connectivity index (χ2v) is 7.67. The number of hydrogen-bond acceptors (Lipinski definition) is 7. The topological polar surface area (TPSA) is 91.7 Å². The first kappa shape index (κ1) is 25.2. The first-order valence-corrected chi connectivity index (χ1v) is 10.3. The summed E-state index contributed by atoms with van der Waals surface area (Å²) in [5.41, 5.74) is 3.22. The summed E-state index contributed by atoms with van der Waals surface area (Å²) in [6.45, 7) is 3.55. The van der Waals surface area contributed by atoms with E-state index in [1.54, 1.807) is 12.1 Å². The molecule has 0 spiro atoms. The van der Waals surface area contributed by atoms with Crippen molar-refractivity contribution in [3.8, 4) is 11.3 Å². The molecule has 3 heterocycles. The maximum atomic E-state index is 13.2. The van der Waals surface area contributed by atoms with Gasteiger partial charge in [0.1, 0.15) is 17.2 Å². The molecule has 182 valence electrons. The van der Waals surface area contributed by atoms with Crippen LogP contribution in [0.3, 0.4) is 0 Å². The molecule has 0 aliphatic carbocycles. The number of carboxylic acid groups (broad SMARTS) is 1. The van der Waals surface area contributed by atoms with Crippen molar-refractivity contribution in [2.45, 2.75) is 12.7 Å². The molecule has 1 aliphatic heterocycles. The van der Waals surface area contributed by atoms with Crippen LogP contribution in [0.5, 0.6) is 0 Å². The number of fused-ring (bicyclic) bond motifs is 1. The number of anilines is 1. The number of alkyl halides is 3. The molecule has 0 amide bonds. The van der Waals surface area contributed by atoms with Gasteiger partial charge in [-0.25, -0.2) is 24.1 Å². The fourth-order valence-electron chi connectivity index (χ4n) is 3.18. The third kappa shape index (κ3) is 6.58. The Labute approximate surface area is 192 Å². The van der Waals surface area contributed by atoms with Gasteiger partial charge in [0.15, 0.2) is 5.82 Å². The second kappa shape index (κ2) is 10.7. The molecule has 0 bridgehead atoms. The Bertz CT molecular complexity index is 1130. The predicted molar refractivity (Wildman–Crippen MR) is 117 cm³/mol. The highest BCUT2D eigenvalue weighted by molar-refractivity contribution is 5.87.